The average Bonchev–Trinajstić information content (AvgIpc) is 2.75. The van der Waals surface area contributed by atoms with E-state index >= 15 is 0 Å². The zero-order valence-electron chi connectivity index (χ0n) is 9.90. The molecule has 2 rings (SSSR count). The molecule has 82 valence electrons. The lowest BCUT2D eigenvalue weighted by atomic mass is 10.00. The van der Waals surface area contributed by atoms with E-state index in [4.69, 9.17) is 5.73 Å². The van der Waals surface area contributed by atoms with E-state index in [1.54, 1.807) is 0 Å². The van der Waals surface area contributed by atoms with E-state index in [1.165, 1.54) is 35.1 Å². The summed E-state index contributed by atoms with van der Waals surface area (Å²) in [6.07, 6.45) is 5.93. The summed E-state index contributed by atoms with van der Waals surface area (Å²) in [7, 11) is 0. The molecule has 0 unspecified atom stereocenters. The molecule has 0 saturated heterocycles. The third-order valence-corrected chi connectivity index (χ3v) is 4.02. The van der Waals surface area contributed by atoms with Crippen LogP contribution in [0.4, 0.5) is 0 Å². The highest BCUT2D eigenvalue weighted by molar-refractivity contribution is 5.47. The normalized spacial score (nSPS) is 30.3. The van der Waals surface area contributed by atoms with Crippen LogP contribution in [0, 0.1) is 5.92 Å². The lowest BCUT2D eigenvalue weighted by molar-refractivity contribution is 0.669. The standard InChI is InChI=1S/C14H21N/c1-9-7-8-13(11(9)3)14(15)12-6-4-5-10(12)2/h9H,2,4-8,15H2,1,3H3/b14-12+/t9-/m1/s1. The molecule has 0 aromatic heterocycles. The summed E-state index contributed by atoms with van der Waals surface area (Å²) in [5.41, 5.74) is 12.9. The number of nitrogens with two attached hydrogens (primary N) is 1. The second-order valence-electron chi connectivity index (χ2n) is 4.95. The minimum absolute atomic E-state index is 0.716. The van der Waals surface area contributed by atoms with Crippen molar-refractivity contribution in [3.63, 3.8) is 0 Å². The van der Waals surface area contributed by atoms with Crippen LogP contribution >= 0.6 is 0 Å². The third-order valence-electron chi connectivity index (χ3n) is 4.02. The van der Waals surface area contributed by atoms with E-state index in [-0.39, 0.29) is 0 Å². The Bertz CT molecular complexity index is 358. The molecule has 1 atom stereocenters. The van der Waals surface area contributed by atoms with Crippen LogP contribution in [0.2, 0.25) is 0 Å². The van der Waals surface area contributed by atoms with Gasteiger partial charge in [0.25, 0.3) is 0 Å². The minimum Gasteiger partial charge on any atom is -0.398 e. The van der Waals surface area contributed by atoms with Crippen LogP contribution in [-0.4, -0.2) is 0 Å². The van der Waals surface area contributed by atoms with Crippen LogP contribution in [0.15, 0.2) is 34.6 Å². The van der Waals surface area contributed by atoms with E-state index in [1.807, 2.05) is 0 Å². The second kappa shape index (κ2) is 3.88. The number of rotatable bonds is 1. The zero-order chi connectivity index (χ0) is 11.0. The molecule has 0 aliphatic heterocycles. The molecule has 0 heterocycles. The molecule has 1 saturated carbocycles. The lowest BCUT2D eigenvalue weighted by Gasteiger charge is -2.10. The maximum absolute atomic E-state index is 6.29. The Morgan fingerprint density at radius 2 is 2.07 bits per heavy atom. The van der Waals surface area contributed by atoms with Crippen LogP contribution in [0.25, 0.3) is 0 Å². The van der Waals surface area contributed by atoms with E-state index in [9.17, 15) is 0 Å². The predicted octanol–water partition coefficient (Wildman–Crippen LogP) is 3.69. The SMILES string of the molecule is C=C1CCC/C1=C(\N)C1=C(C)[C@H](C)CC1. The Balaban J connectivity index is 2.35. The Morgan fingerprint density at radius 3 is 2.53 bits per heavy atom. The van der Waals surface area contributed by atoms with Gasteiger partial charge in [-0.3, -0.25) is 0 Å². The fourth-order valence-electron chi connectivity index (χ4n) is 2.73. The van der Waals surface area contributed by atoms with Gasteiger partial charge < -0.3 is 5.73 Å². The molecule has 2 N–H and O–H groups in total. The van der Waals surface area contributed by atoms with Crippen molar-refractivity contribution >= 4 is 0 Å². The van der Waals surface area contributed by atoms with Gasteiger partial charge in [-0.15, -0.1) is 0 Å². The smallest absolute Gasteiger partial charge is 0.0381 e. The van der Waals surface area contributed by atoms with Gasteiger partial charge in [0.2, 0.25) is 0 Å². The van der Waals surface area contributed by atoms with Crippen molar-refractivity contribution in [1.82, 2.24) is 0 Å². The maximum atomic E-state index is 6.29. The van der Waals surface area contributed by atoms with Gasteiger partial charge in [0.15, 0.2) is 0 Å². The summed E-state index contributed by atoms with van der Waals surface area (Å²) < 4.78 is 0. The number of allylic oxidation sites excluding steroid dienone is 4. The van der Waals surface area contributed by atoms with E-state index in [0.29, 0.717) is 5.92 Å². The van der Waals surface area contributed by atoms with Gasteiger partial charge in [0.05, 0.1) is 0 Å². The van der Waals surface area contributed by atoms with Crippen molar-refractivity contribution in [2.45, 2.75) is 46.0 Å². The molecule has 0 aromatic carbocycles. The third kappa shape index (κ3) is 1.75. The minimum atomic E-state index is 0.716. The van der Waals surface area contributed by atoms with Crippen molar-refractivity contribution in [2.24, 2.45) is 11.7 Å². The first-order chi connectivity index (χ1) is 7.11. The molecule has 15 heavy (non-hydrogen) atoms. The van der Waals surface area contributed by atoms with Gasteiger partial charge in [-0.1, -0.05) is 19.1 Å². The summed E-state index contributed by atoms with van der Waals surface area (Å²) in [4.78, 5) is 0. The molecule has 2 aliphatic carbocycles. The molecular formula is C14H21N. The number of hydrogen-bond acceptors (Lipinski definition) is 1. The molecule has 0 amide bonds. The molecule has 2 aliphatic rings. The van der Waals surface area contributed by atoms with Crippen LogP contribution in [-0.2, 0) is 0 Å². The van der Waals surface area contributed by atoms with Crippen molar-refractivity contribution in [2.75, 3.05) is 0 Å². The van der Waals surface area contributed by atoms with Gasteiger partial charge in [-0.25, -0.2) is 0 Å². The molecule has 0 radical (unpaired) electrons. The molecule has 0 spiro atoms. The Labute approximate surface area is 92.7 Å². The van der Waals surface area contributed by atoms with Crippen molar-refractivity contribution in [3.05, 3.63) is 34.6 Å². The van der Waals surface area contributed by atoms with E-state index in [0.717, 1.165) is 25.0 Å². The topological polar surface area (TPSA) is 26.0 Å². The van der Waals surface area contributed by atoms with E-state index < -0.39 is 0 Å². The van der Waals surface area contributed by atoms with Gasteiger partial charge >= 0.3 is 0 Å². The molecule has 1 fully saturated rings. The largest absolute Gasteiger partial charge is 0.398 e. The highest BCUT2D eigenvalue weighted by atomic mass is 14.6. The van der Waals surface area contributed by atoms with Crippen LogP contribution in [0.1, 0.15) is 46.0 Å². The monoisotopic (exact) mass is 203 g/mol. The average molecular weight is 203 g/mol. The summed E-state index contributed by atoms with van der Waals surface area (Å²) in [5, 5.41) is 0. The first kappa shape index (κ1) is 10.5. The van der Waals surface area contributed by atoms with Crippen molar-refractivity contribution < 1.29 is 0 Å². The Morgan fingerprint density at radius 1 is 1.33 bits per heavy atom. The molecule has 0 bridgehead atoms. The summed E-state index contributed by atoms with van der Waals surface area (Å²) >= 11 is 0. The van der Waals surface area contributed by atoms with Gasteiger partial charge in [-0.05, 0) is 61.7 Å². The first-order valence-corrected chi connectivity index (χ1v) is 5.98. The van der Waals surface area contributed by atoms with Crippen LogP contribution in [0.5, 0.6) is 0 Å². The highest BCUT2D eigenvalue weighted by Gasteiger charge is 2.23. The summed E-state index contributed by atoms with van der Waals surface area (Å²) in [5.74, 6) is 0.716. The fourth-order valence-corrected chi connectivity index (χ4v) is 2.73. The van der Waals surface area contributed by atoms with Crippen molar-refractivity contribution in [3.8, 4) is 0 Å². The predicted molar refractivity (Wildman–Crippen MR) is 65.3 cm³/mol. The quantitative estimate of drug-likeness (QED) is 0.691. The van der Waals surface area contributed by atoms with Crippen LogP contribution in [0.3, 0.4) is 0 Å². The first-order valence-electron chi connectivity index (χ1n) is 5.98. The lowest BCUT2D eigenvalue weighted by Crippen LogP contribution is -2.05. The van der Waals surface area contributed by atoms with Crippen LogP contribution < -0.4 is 5.73 Å². The highest BCUT2D eigenvalue weighted by Crippen LogP contribution is 2.38. The Kier molecular flexibility index (Phi) is 2.72. The summed E-state index contributed by atoms with van der Waals surface area (Å²) in [6, 6.07) is 0. The van der Waals surface area contributed by atoms with Gasteiger partial charge in [0.1, 0.15) is 0 Å². The number of hydrogen-bond donors (Lipinski definition) is 1. The van der Waals surface area contributed by atoms with Gasteiger partial charge in [0, 0.05) is 5.70 Å². The molecular weight excluding hydrogens is 182 g/mol. The molecule has 1 heteroatoms. The van der Waals surface area contributed by atoms with Crippen molar-refractivity contribution in [1.29, 1.82) is 0 Å². The Hall–Kier alpha value is -0.980. The second-order valence-corrected chi connectivity index (χ2v) is 4.95. The molecule has 1 nitrogen and oxygen atoms in total. The molecule has 0 aromatic rings. The fraction of sp³-hybridized carbons (Fsp3) is 0.571. The van der Waals surface area contributed by atoms with E-state index in [2.05, 4.69) is 20.4 Å². The maximum Gasteiger partial charge on any atom is 0.0381 e. The van der Waals surface area contributed by atoms with Gasteiger partial charge in [-0.2, -0.15) is 0 Å². The zero-order valence-corrected chi connectivity index (χ0v) is 9.90. The summed E-state index contributed by atoms with van der Waals surface area (Å²) in [6.45, 7) is 8.64.